The summed E-state index contributed by atoms with van der Waals surface area (Å²) < 4.78 is 2.05. The van der Waals surface area contributed by atoms with Crippen molar-refractivity contribution in [3.63, 3.8) is 0 Å². The Balaban J connectivity index is 2.43. The van der Waals surface area contributed by atoms with Crippen LogP contribution in [-0.2, 0) is 13.0 Å². The summed E-state index contributed by atoms with van der Waals surface area (Å²) in [5.74, 6) is 1.11. The third-order valence-electron chi connectivity index (χ3n) is 3.66. The molecule has 0 aliphatic heterocycles. The van der Waals surface area contributed by atoms with Crippen LogP contribution in [0, 0.1) is 13.8 Å². The van der Waals surface area contributed by atoms with Crippen molar-refractivity contribution in [3.8, 4) is 0 Å². The third-order valence-corrected chi connectivity index (χ3v) is 5.11. The summed E-state index contributed by atoms with van der Waals surface area (Å²) in [6, 6.07) is 0. The summed E-state index contributed by atoms with van der Waals surface area (Å²) in [7, 11) is 0. The number of hydrogen-bond donors (Lipinski definition) is 3. The van der Waals surface area contributed by atoms with Gasteiger partial charge in [0.25, 0.3) is 5.01 Å². The number of nitrogens with zero attached hydrogens (tertiary/aromatic N) is 3. The van der Waals surface area contributed by atoms with Gasteiger partial charge in [-0.05, 0) is 13.3 Å². The van der Waals surface area contributed by atoms with E-state index >= 15 is 0 Å². The smallest absolute Gasteiger partial charge is 0.267 e. The molecular weight excluding hydrogens is 300 g/mol. The molecule has 0 saturated carbocycles. The summed E-state index contributed by atoms with van der Waals surface area (Å²) >= 11 is 1.54. The van der Waals surface area contributed by atoms with Gasteiger partial charge >= 0.3 is 0 Å². The molecule has 0 fully saturated rings. The highest BCUT2D eigenvalue weighted by molar-refractivity contribution is 7.11. The van der Waals surface area contributed by atoms with Crippen LogP contribution < -0.4 is 10.3 Å². The molecule has 6 nitrogen and oxygen atoms in total. The van der Waals surface area contributed by atoms with E-state index in [0.717, 1.165) is 21.1 Å². The highest BCUT2D eigenvalue weighted by Gasteiger charge is 2.28. The standard InChI is InChI=1S/C15H23N4O2S/c1-4-12(21)15-19(9(2)13(22-15)5-6-20)8-11-7-17-10(3)18-14(11)16/h7,12,20-21H,4-6,8H2,1-3H3,(H2,16,17,18)/q+1. The molecule has 0 spiro atoms. The predicted octanol–water partition coefficient (Wildman–Crippen LogP) is 1.05. The second-order valence-electron chi connectivity index (χ2n) is 5.26. The first-order valence-electron chi connectivity index (χ1n) is 7.36. The number of aliphatic hydroxyl groups is 2. The van der Waals surface area contributed by atoms with Crippen LogP contribution in [0.25, 0.3) is 0 Å². The van der Waals surface area contributed by atoms with Gasteiger partial charge in [-0.2, -0.15) is 4.57 Å². The lowest BCUT2D eigenvalue weighted by Crippen LogP contribution is -2.41. The van der Waals surface area contributed by atoms with E-state index in [-0.39, 0.29) is 6.61 Å². The number of anilines is 1. The van der Waals surface area contributed by atoms with Crippen LogP contribution in [0.5, 0.6) is 0 Å². The highest BCUT2D eigenvalue weighted by atomic mass is 32.1. The van der Waals surface area contributed by atoms with Gasteiger partial charge in [-0.25, -0.2) is 9.97 Å². The summed E-state index contributed by atoms with van der Waals surface area (Å²) in [5.41, 5.74) is 7.85. The van der Waals surface area contributed by atoms with E-state index in [9.17, 15) is 10.2 Å². The fourth-order valence-electron chi connectivity index (χ4n) is 2.33. The Morgan fingerprint density at radius 3 is 2.73 bits per heavy atom. The minimum absolute atomic E-state index is 0.0960. The minimum atomic E-state index is -0.524. The molecule has 0 bridgehead atoms. The number of hydrogen-bond acceptors (Lipinski definition) is 6. The maximum Gasteiger partial charge on any atom is 0.267 e. The Labute approximate surface area is 134 Å². The van der Waals surface area contributed by atoms with Crippen molar-refractivity contribution in [3.05, 3.63) is 33.2 Å². The number of rotatable bonds is 6. The first-order chi connectivity index (χ1) is 10.5. The maximum absolute atomic E-state index is 10.3. The molecule has 0 aliphatic carbocycles. The van der Waals surface area contributed by atoms with Gasteiger partial charge in [-0.1, -0.05) is 18.3 Å². The van der Waals surface area contributed by atoms with Crippen LogP contribution in [0.1, 0.15) is 46.4 Å². The molecular formula is C15H23N4O2S+. The molecule has 2 aromatic heterocycles. The van der Waals surface area contributed by atoms with E-state index in [0.29, 0.717) is 31.0 Å². The summed E-state index contributed by atoms with van der Waals surface area (Å²) in [4.78, 5) is 9.47. The van der Waals surface area contributed by atoms with Crippen LogP contribution in [0.3, 0.4) is 0 Å². The zero-order valence-electron chi connectivity index (χ0n) is 13.2. The van der Waals surface area contributed by atoms with Gasteiger partial charge in [0, 0.05) is 26.1 Å². The van der Waals surface area contributed by atoms with Crippen molar-refractivity contribution in [1.29, 1.82) is 0 Å². The largest absolute Gasteiger partial charge is 0.396 e. The number of thiazole rings is 1. The fourth-order valence-corrected chi connectivity index (χ4v) is 3.65. The van der Waals surface area contributed by atoms with E-state index in [4.69, 9.17) is 5.73 Å². The summed E-state index contributed by atoms with van der Waals surface area (Å²) in [5, 5.41) is 20.3. The maximum atomic E-state index is 10.3. The van der Waals surface area contributed by atoms with Gasteiger partial charge in [0.2, 0.25) is 0 Å². The molecule has 0 amide bonds. The van der Waals surface area contributed by atoms with Crippen molar-refractivity contribution < 1.29 is 14.8 Å². The first kappa shape index (κ1) is 16.8. The molecule has 2 aromatic rings. The molecule has 0 saturated heterocycles. The molecule has 22 heavy (non-hydrogen) atoms. The zero-order valence-corrected chi connectivity index (χ0v) is 14.0. The van der Waals surface area contributed by atoms with Crippen LogP contribution >= 0.6 is 11.3 Å². The molecule has 0 radical (unpaired) electrons. The molecule has 1 atom stereocenters. The Hall–Kier alpha value is -1.57. The number of aliphatic hydroxyl groups excluding tert-OH is 2. The Morgan fingerprint density at radius 2 is 2.14 bits per heavy atom. The fraction of sp³-hybridized carbons (Fsp3) is 0.533. The monoisotopic (exact) mass is 323 g/mol. The molecule has 0 aliphatic rings. The van der Waals surface area contributed by atoms with Gasteiger partial charge in [-0.3, -0.25) is 0 Å². The van der Waals surface area contributed by atoms with Gasteiger partial charge in [-0.15, -0.1) is 0 Å². The van der Waals surface area contributed by atoms with Crippen LogP contribution in [0.15, 0.2) is 6.20 Å². The molecule has 2 rings (SSSR count). The lowest BCUT2D eigenvalue weighted by molar-refractivity contribution is -0.700. The molecule has 1 unspecified atom stereocenters. The summed E-state index contributed by atoms with van der Waals surface area (Å²) in [6.45, 7) is 6.36. The topological polar surface area (TPSA) is 96.1 Å². The third kappa shape index (κ3) is 3.43. The minimum Gasteiger partial charge on any atom is -0.396 e. The first-order valence-corrected chi connectivity index (χ1v) is 8.18. The van der Waals surface area contributed by atoms with Gasteiger partial charge in [0.05, 0.1) is 10.4 Å². The quantitative estimate of drug-likeness (QED) is 0.691. The van der Waals surface area contributed by atoms with Crippen LogP contribution in [-0.4, -0.2) is 26.8 Å². The Kier molecular flexibility index (Phi) is 5.44. The van der Waals surface area contributed by atoms with Crippen molar-refractivity contribution in [2.75, 3.05) is 12.3 Å². The zero-order chi connectivity index (χ0) is 16.3. The van der Waals surface area contributed by atoms with E-state index in [1.165, 1.54) is 0 Å². The van der Waals surface area contributed by atoms with E-state index in [1.54, 1.807) is 24.5 Å². The van der Waals surface area contributed by atoms with E-state index in [1.807, 2.05) is 18.4 Å². The van der Waals surface area contributed by atoms with Crippen LogP contribution in [0.2, 0.25) is 0 Å². The van der Waals surface area contributed by atoms with Crippen molar-refractivity contribution in [1.82, 2.24) is 9.97 Å². The average molecular weight is 323 g/mol. The SMILES string of the molecule is CCC(O)c1sc(CCO)c(C)[n+]1Cc1cnc(C)nc1N. The molecule has 0 aromatic carbocycles. The van der Waals surface area contributed by atoms with Crippen molar-refractivity contribution in [2.24, 2.45) is 0 Å². The lowest BCUT2D eigenvalue weighted by Gasteiger charge is -2.06. The normalized spacial score (nSPS) is 12.6. The molecule has 7 heteroatoms. The Morgan fingerprint density at radius 1 is 1.41 bits per heavy atom. The van der Waals surface area contributed by atoms with Gasteiger partial charge < -0.3 is 15.9 Å². The van der Waals surface area contributed by atoms with E-state index < -0.39 is 6.10 Å². The number of aryl methyl sites for hydroxylation is 1. The predicted molar refractivity (Wildman–Crippen MR) is 85.6 cm³/mol. The van der Waals surface area contributed by atoms with Gasteiger partial charge in [0.15, 0.2) is 12.2 Å². The molecule has 120 valence electrons. The average Bonchev–Trinajstić information content (AvgIpc) is 2.79. The lowest BCUT2D eigenvalue weighted by atomic mass is 10.2. The molecule has 2 heterocycles. The second kappa shape index (κ2) is 7.13. The summed E-state index contributed by atoms with van der Waals surface area (Å²) in [6.07, 6.45) is 2.43. The van der Waals surface area contributed by atoms with E-state index in [2.05, 4.69) is 9.97 Å². The highest BCUT2D eigenvalue weighted by Crippen LogP contribution is 2.25. The number of nitrogens with two attached hydrogens (primary N) is 1. The van der Waals surface area contributed by atoms with Crippen molar-refractivity contribution >= 4 is 17.2 Å². The number of aromatic nitrogens is 3. The second-order valence-corrected chi connectivity index (χ2v) is 6.38. The number of nitrogen functional groups attached to an aromatic ring is 1. The van der Waals surface area contributed by atoms with Crippen molar-refractivity contribution in [2.45, 2.75) is 46.3 Å². The molecule has 4 N–H and O–H groups in total. The Bertz CT molecular complexity index is 657. The van der Waals surface area contributed by atoms with Crippen LogP contribution in [0.4, 0.5) is 5.82 Å². The van der Waals surface area contributed by atoms with Gasteiger partial charge in [0.1, 0.15) is 17.7 Å².